The molecule has 0 saturated carbocycles. The molecule has 3 atom stereocenters. The van der Waals surface area contributed by atoms with Crippen molar-refractivity contribution in [2.45, 2.75) is 92.1 Å². The Bertz CT molecular complexity index is 1590. The van der Waals surface area contributed by atoms with E-state index in [-0.39, 0.29) is 43.7 Å². The van der Waals surface area contributed by atoms with Crippen LogP contribution >= 0.6 is 0 Å². The summed E-state index contributed by atoms with van der Waals surface area (Å²) in [6.07, 6.45) is -4.34. The van der Waals surface area contributed by atoms with Crippen LogP contribution in [0.2, 0.25) is 0 Å². The van der Waals surface area contributed by atoms with E-state index in [9.17, 15) is 28.8 Å². The first kappa shape index (κ1) is 32.9. The minimum absolute atomic E-state index is 0.0312. The molecule has 0 bridgehead atoms. The van der Waals surface area contributed by atoms with Gasteiger partial charge in [-0.2, -0.15) is 4.98 Å². The van der Waals surface area contributed by atoms with Crippen LogP contribution in [0.4, 0.5) is 0 Å². The van der Waals surface area contributed by atoms with Crippen LogP contribution < -0.4 is 11.2 Å². The number of benzene rings is 1. The second kappa shape index (κ2) is 14.5. The summed E-state index contributed by atoms with van der Waals surface area (Å²) in [6, 6.07) is 3.52. The summed E-state index contributed by atoms with van der Waals surface area (Å²) in [5, 5.41) is 0. The highest BCUT2D eigenvalue weighted by Gasteiger charge is 2.40. The molecule has 232 valence electrons. The fraction of sp³-hybridized carbons (Fsp3) is 0.517. The van der Waals surface area contributed by atoms with E-state index in [2.05, 4.69) is 15.0 Å². The van der Waals surface area contributed by atoms with Crippen molar-refractivity contribution in [3.8, 4) is 11.5 Å². The highest BCUT2D eigenvalue weighted by atomic mass is 16.6. The second-order valence-electron chi connectivity index (χ2n) is 9.80. The van der Waals surface area contributed by atoms with Gasteiger partial charge in [0.15, 0.2) is 29.8 Å². The predicted octanol–water partition coefficient (Wildman–Crippen LogP) is 2.12. The third-order valence-electron chi connectivity index (χ3n) is 6.72. The number of nitrogens with one attached hydrogen (secondary N) is 1. The van der Waals surface area contributed by atoms with Crippen molar-refractivity contribution in [1.82, 2.24) is 19.5 Å². The van der Waals surface area contributed by atoms with Gasteiger partial charge in [0.05, 0.1) is 17.6 Å². The molecule has 2 aliphatic heterocycles. The van der Waals surface area contributed by atoms with Gasteiger partial charge in [0.1, 0.15) is 6.61 Å². The Labute approximate surface area is 247 Å². The Morgan fingerprint density at radius 2 is 1.35 bits per heavy atom. The molecule has 0 radical (unpaired) electrons. The molecule has 0 unspecified atom stereocenters. The number of nitrogens with zero attached hydrogens (tertiary/aromatic N) is 3. The van der Waals surface area contributed by atoms with Crippen molar-refractivity contribution in [3.63, 3.8) is 0 Å². The van der Waals surface area contributed by atoms with Crippen molar-refractivity contribution in [2.75, 3.05) is 6.61 Å². The number of H-pyrrole nitrogens is 1. The smallest absolute Gasteiger partial charge is 0.349 e. The third kappa shape index (κ3) is 8.02. The molecule has 1 aromatic rings. The SMILES string of the molecule is CCC(=O)OC[C@H](OC(=O)CC)[C@@H](OC(=O)CC)[C@H](Cn1c2nc(=O)[nH]c(=O)c-2nc2cc(C)c(C)cc21)OC(=O)CC. The summed E-state index contributed by atoms with van der Waals surface area (Å²) in [5.41, 5.74) is 0.704. The van der Waals surface area contributed by atoms with Crippen LogP contribution in [0.15, 0.2) is 21.7 Å². The van der Waals surface area contributed by atoms with Crippen LogP contribution in [0.1, 0.15) is 64.5 Å². The number of hydrogen-bond acceptors (Lipinski definition) is 12. The zero-order chi connectivity index (χ0) is 31.8. The van der Waals surface area contributed by atoms with Gasteiger partial charge < -0.3 is 23.5 Å². The van der Waals surface area contributed by atoms with E-state index in [0.717, 1.165) is 11.1 Å². The van der Waals surface area contributed by atoms with E-state index in [1.807, 2.05) is 13.8 Å². The average molecular weight is 601 g/mol. The third-order valence-corrected chi connectivity index (χ3v) is 6.72. The topological polar surface area (TPSA) is 186 Å². The highest BCUT2D eigenvalue weighted by molar-refractivity contribution is 5.81. The van der Waals surface area contributed by atoms with Crippen molar-refractivity contribution < 1.29 is 38.1 Å². The number of aryl methyl sites for hydroxylation is 2. The van der Waals surface area contributed by atoms with E-state index in [4.69, 9.17) is 18.9 Å². The summed E-state index contributed by atoms with van der Waals surface area (Å²) in [7, 11) is 0. The van der Waals surface area contributed by atoms with E-state index in [0.29, 0.717) is 11.0 Å². The van der Waals surface area contributed by atoms with Crippen molar-refractivity contribution >= 4 is 34.9 Å². The molecule has 0 spiro atoms. The lowest BCUT2D eigenvalue weighted by atomic mass is 10.1. The van der Waals surface area contributed by atoms with Crippen molar-refractivity contribution in [2.24, 2.45) is 0 Å². The summed E-state index contributed by atoms with van der Waals surface area (Å²) >= 11 is 0. The normalized spacial score (nSPS) is 13.3. The number of hydrogen-bond donors (Lipinski definition) is 1. The molecule has 0 aliphatic carbocycles. The number of carbonyl (C=O) groups excluding carboxylic acids is 4. The summed E-state index contributed by atoms with van der Waals surface area (Å²) < 4.78 is 23.8. The molecule has 0 aromatic heterocycles. The van der Waals surface area contributed by atoms with Crippen LogP contribution in [0.5, 0.6) is 0 Å². The van der Waals surface area contributed by atoms with Gasteiger partial charge in [-0.05, 0) is 37.1 Å². The van der Waals surface area contributed by atoms with Crippen LogP contribution in [0, 0.1) is 13.8 Å². The Balaban J connectivity index is 2.29. The van der Waals surface area contributed by atoms with Crippen molar-refractivity contribution in [1.29, 1.82) is 0 Å². The first-order chi connectivity index (χ1) is 20.4. The minimum Gasteiger partial charge on any atom is -0.462 e. The maximum Gasteiger partial charge on any atom is 0.349 e. The maximum absolute atomic E-state index is 12.8. The Morgan fingerprint density at radius 3 is 1.95 bits per heavy atom. The number of fused-ring (bicyclic) bond motifs is 2. The number of aromatic nitrogens is 4. The fourth-order valence-electron chi connectivity index (χ4n) is 4.23. The summed E-state index contributed by atoms with van der Waals surface area (Å²) in [4.78, 5) is 85.5. The number of ether oxygens (including phenoxy) is 4. The molecule has 1 aromatic carbocycles. The highest BCUT2D eigenvalue weighted by Crippen LogP contribution is 2.26. The molecule has 1 N–H and O–H groups in total. The van der Waals surface area contributed by atoms with E-state index in [1.165, 1.54) is 4.57 Å². The zero-order valence-corrected chi connectivity index (χ0v) is 25.1. The molecule has 3 rings (SSSR count). The quantitative estimate of drug-likeness (QED) is 0.171. The summed E-state index contributed by atoms with van der Waals surface area (Å²) in [6.45, 7) is 9.15. The lowest BCUT2D eigenvalue weighted by molar-refractivity contribution is -0.192. The van der Waals surface area contributed by atoms with Gasteiger partial charge in [-0.3, -0.25) is 29.0 Å². The largest absolute Gasteiger partial charge is 0.462 e. The van der Waals surface area contributed by atoms with Gasteiger partial charge in [-0.15, -0.1) is 0 Å². The van der Waals surface area contributed by atoms with Gasteiger partial charge in [0.2, 0.25) is 0 Å². The Kier molecular flexibility index (Phi) is 11.1. The molecular formula is C29H36N4O10. The van der Waals surface area contributed by atoms with Crippen LogP contribution in [-0.2, 0) is 44.7 Å². The molecule has 0 saturated heterocycles. The lowest BCUT2D eigenvalue weighted by Crippen LogP contribution is -2.49. The zero-order valence-electron chi connectivity index (χ0n) is 25.1. The summed E-state index contributed by atoms with van der Waals surface area (Å²) in [5.74, 6) is -2.78. The number of rotatable bonds is 13. The lowest BCUT2D eigenvalue weighted by Gasteiger charge is -2.33. The first-order valence-electron chi connectivity index (χ1n) is 14.1. The first-order valence-corrected chi connectivity index (χ1v) is 14.1. The molecule has 2 aliphatic rings. The number of aromatic amines is 1. The fourth-order valence-corrected chi connectivity index (χ4v) is 4.23. The van der Waals surface area contributed by atoms with Gasteiger partial charge in [-0.1, -0.05) is 27.7 Å². The molecular weight excluding hydrogens is 564 g/mol. The van der Waals surface area contributed by atoms with Gasteiger partial charge in [0.25, 0.3) is 5.56 Å². The molecule has 14 nitrogen and oxygen atoms in total. The van der Waals surface area contributed by atoms with E-state index in [1.54, 1.807) is 39.8 Å². The second-order valence-corrected chi connectivity index (χ2v) is 9.80. The average Bonchev–Trinajstić information content (AvgIpc) is 2.98. The monoisotopic (exact) mass is 600 g/mol. The minimum atomic E-state index is -1.46. The number of carbonyl (C=O) groups is 4. The molecule has 43 heavy (non-hydrogen) atoms. The molecule has 0 fully saturated rings. The van der Waals surface area contributed by atoms with Gasteiger partial charge in [-0.25, -0.2) is 9.78 Å². The Hall–Kier alpha value is -4.62. The molecule has 0 amide bonds. The van der Waals surface area contributed by atoms with Gasteiger partial charge in [0, 0.05) is 25.7 Å². The van der Waals surface area contributed by atoms with E-state index >= 15 is 0 Å². The van der Waals surface area contributed by atoms with Gasteiger partial charge >= 0.3 is 29.6 Å². The standard InChI is InChI=1S/C29H36N4O10/c1-7-21(34)40-14-20(42-23(36)9-3)26(43-24(37)10-4)19(41-22(35)8-2)13-33-18-12-16(6)15(5)11-17(18)30-25-27(33)31-29(39)32-28(25)38/h11-12,19-20,26H,7-10,13-14H2,1-6H3,(H,32,38,39)/t19-,20-,26-/m0/s1. The molecule has 2 heterocycles. The van der Waals surface area contributed by atoms with Crippen LogP contribution in [0.3, 0.4) is 0 Å². The van der Waals surface area contributed by atoms with E-state index < -0.39 is 60.0 Å². The number of esters is 4. The Morgan fingerprint density at radius 1 is 0.791 bits per heavy atom. The maximum atomic E-state index is 12.8. The molecule has 14 heteroatoms. The van der Waals surface area contributed by atoms with Crippen LogP contribution in [0.25, 0.3) is 22.6 Å². The van der Waals surface area contributed by atoms with Crippen LogP contribution in [-0.4, -0.2) is 68.3 Å². The van der Waals surface area contributed by atoms with Crippen molar-refractivity contribution in [3.05, 3.63) is 44.1 Å². The predicted molar refractivity (Wildman–Crippen MR) is 152 cm³/mol.